The molecule has 4 N–H and O–H groups in total. The Balaban J connectivity index is 1.69. The molecule has 0 saturated carbocycles. The van der Waals surface area contributed by atoms with Crippen LogP contribution < -0.4 is 25.8 Å². The van der Waals surface area contributed by atoms with Gasteiger partial charge in [0.15, 0.2) is 11.5 Å². The van der Waals surface area contributed by atoms with E-state index in [1.54, 1.807) is 12.1 Å². The number of fused-ring (bicyclic) bond motifs is 1. The maximum atomic E-state index is 12.0. The molecule has 2 aliphatic rings. The minimum Gasteiger partial charge on any atom is -0.489 e. The highest BCUT2D eigenvalue weighted by atomic mass is 16.5. The van der Waals surface area contributed by atoms with E-state index in [1.807, 2.05) is 0 Å². The Kier molecular flexibility index (Phi) is 4.01. The van der Waals surface area contributed by atoms with Crippen molar-refractivity contribution in [3.8, 4) is 11.5 Å². The van der Waals surface area contributed by atoms with Crippen LogP contribution in [-0.4, -0.2) is 38.5 Å². The molecule has 1 saturated heterocycles. The van der Waals surface area contributed by atoms with Crippen LogP contribution in [0.1, 0.15) is 12.8 Å². The lowest BCUT2D eigenvalue weighted by Crippen LogP contribution is -2.38. The zero-order chi connectivity index (χ0) is 14.7. The van der Waals surface area contributed by atoms with Crippen LogP contribution in [-0.2, 0) is 4.74 Å². The van der Waals surface area contributed by atoms with Gasteiger partial charge in [-0.2, -0.15) is 0 Å². The molecule has 7 nitrogen and oxygen atoms in total. The normalized spacial score (nSPS) is 20.7. The van der Waals surface area contributed by atoms with Crippen molar-refractivity contribution < 1.29 is 19.0 Å². The van der Waals surface area contributed by atoms with Gasteiger partial charge in [0, 0.05) is 25.2 Å². The van der Waals surface area contributed by atoms with E-state index >= 15 is 0 Å². The maximum Gasteiger partial charge on any atom is 0.319 e. The van der Waals surface area contributed by atoms with E-state index in [2.05, 4.69) is 10.6 Å². The van der Waals surface area contributed by atoms with Crippen molar-refractivity contribution in [1.82, 2.24) is 5.32 Å². The highest BCUT2D eigenvalue weighted by Gasteiger charge is 2.19. The number of ether oxygens (including phenoxy) is 3. The number of urea groups is 1. The summed E-state index contributed by atoms with van der Waals surface area (Å²) in [5.74, 6) is 1.21. The zero-order valence-corrected chi connectivity index (χ0v) is 11.7. The van der Waals surface area contributed by atoms with E-state index in [4.69, 9.17) is 19.9 Å². The molecule has 1 atom stereocenters. The van der Waals surface area contributed by atoms with Gasteiger partial charge in [-0.3, -0.25) is 0 Å². The van der Waals surface area contributed by atoms with Gasteiger partial charge in [-0.1, -0.05) is 0 Å². The molecule has 0 radical (unpaired) electrons. The number of nitrogens with one attached hydrogen (secondary N) is 2. The first-order valence-corrected chi connectivity index (χ1v) is 7.07. The second kappa shape index (κ2) is 6.09. The molecule has 1 fully saturated rings. The largest absolute Gasteiger partial charge is 0.489 e. The summed E-state index contributed by atoms with van der Waals surface area (Å²) in [4.78, 5) is 12.0. The highest BCUT2D eigenvalue weighted by Crippen LogP contribution is 2.36. The molecule has 0 bridgehead atoms. The zero-order valence-electron chi connectivity index (χ0n) is 11.7. The number of nitrogen functional groups attached to an aromatic ring is 1. The molecule has 2 aliphatic heterocycles. The smallest absolute Gasteiger partial charge is 0.319 e. The molecule has 1 unspecified atom stereocenters. The van der Waals surface area contributed by atoms with Crippen LogP contribution in [0, 0.1) is 0 Å². The topological polar surface area (TPSA) is 94.8 Å². The third kappa shape index (κ3) is 3.30. The molecule has 3 rings (SSSR count). The SMILES string of the molecule is Nc1cc2c(cc1NC(=O)NC1CCOC1)OCCCO2. The molecule has 0 aromatic heterocycles. The lowest BCUT2D eigenvalue weighted by Gasteiger charge is -2.15. The Labute approximate surface area is 122 Å². The number of nitrogens with two attached hydrogens (primary N) is 1. The third-order valence-corrected chi connectivity index (χ3v) is 3.43. The van der Waals surface area contributed by atoms with Gasteiger partial charge in [0.2, 0.25) is 0 Å². The van der Waals surface area contributed by atoms with E-state index in [0.29, 0.717) is 49.3 Å². The Hall–Kier alpha value is -2.15. The Morgan fingerprint density at radius 3 is 2.67 bits per heavy atom. The number of carbonyl (C=O) groups excluding carboxylic acids is 1. The molecule has 2 amide bonds. The Bertz CT molecular complexity index is 529. The fourth-order valence-corrected chi connectivity index (χ4v) is 2.32. The Morgan fingerprint density at radius 1 is 1.19 bits per heavy atom. The van der Waals surface area contributed by atoms with Crippen molar-refractivity contribution >= 4 is 17.4 Å². The summed E-state index contributed by atoms with van der Waals surface area (Å²) in [7, 11) is 0. The summed E-state index contributed by atoms with van der Waals surface area (Å²) in [6.07, 6.45) is 1.64. The van der Waals surface area contributed by atoms with Crippen molar-refractivity contribution in [2.45, 2.75) is 18.9 Å². The summed E-state index contributed by atoms with van der Waals surface area (Å²) < 4.78 is 16.4. The van der Waals surface area contributed by atoms with Crippen molar-refractivity contribution in [2.24, 2.45) is 0 Å². The number of amides is 2. The van der Waals surface area contributed by atoms with Crippen LogP contribution in [0.25, 0.3) is 0 Å². The molecule has 7 heteroatoms. The van der Waals surface area contributed by atoms with E-state index in [9.17, 15) is 4.79 Å². The highest BCUT2D eigenvalue weighted by molar-refractivity contribution is 5.93. The summed E-state index contributed by atoms with van der Waals surface area (Å²) in [6.45, 7) is 2.41. The average Bonchev–Trinajstić information content (AvgIpc) is 2.85. The summed E-state index contributed by atoms with van der Waals surface area (Å²) >= 11 is 0. The summed E-state index contributed by atoms with van der Waals surface area (Å²) in [5, 5.41) is 5.59. The van der Waals surface area contributed by atoms with Crippen molar-refractivity contribution in [2.75, 3.05) is 37.5 Å². The maximum absolute atomic E-state index is 12.0. The van der Waals surface area contributed by atoms with Gasteiger partial charge >= 0.3 is 6.03 Å². The van der Waals surface area contributed by atoms with Crippen LogP contribution in [0.4, 0.5) is 16.2 Å². The molecule has 1 aromatic rings. The molecular weight excluding hydrogens is 274 g/mol. The van der Waals surface area contributed by atoms with Crippen molar-refractivity contribution in [3.63, 3.8) is 0 Å². The first-order chi connectivity index (χ1) is 10.2. The minimum absolute atomic E-state index is 0.0478. The van der Waals surface area contributed by atoms with E-state index < -0.39 is 0 Å². The van der Waals surface area contributed by atoms with Crippen LogP contribution in [0.15, 0.2) is 12.1 Å². The predicted molar refractivity (Wildman–Crippen MR) is 77.8 cm³/mol. The van der Waals surface area contributed by atoms with Gasteiger partial charge in [0.1, 0.15) is 0 Å². The third-order valence-electron chi connectivity index (χ3n) is 3.43. The summed E-state index contributed by atoms with van der Waals surface area (Å²) in [6, 6.07) is 3.12. The number of rotatable bonds is 2. The van der Waals surface area contributed by atoms with Gasteiger partial charge < -0.3 is 30.6 Å². The fraction of sp³-hybridized carbons (Fsp3) is 0.500. The first-order valence-electron chi connectivity index (χ1n) is 7.07. The van der Waals surface area contributed by atoms with Crippen LogP contribution >= 0.6 is 0 Å². The molecular formula is C14H19N3O4. The number of hydrogen-bond donors (Lipinski definition) is 3. The molecule has 2 heterocycles. The van der Waals surface area contributed by atoms with Gasteiger partial charge in [0.25, 0.3) is 0 Å². The van der Waals surface area contributed by atoms with E-state index in [1.165, 1.54) is 0 Å². The number of anilines is 2. The second-order valence-electron chi connectivity index (χ2n) is 5.10. The Morgan fingerprint density at radius 2 is 1.95 bits per heavy atom. The van der Waals surface area contributed by atoms with Crippen molar-refractivity contribution in [3.05, 3.63) is 12.1 Å². The predicted octanol–water partition coefficient (Wildman–Crippen LogP) is 1.34. The quantitative estimate of drug-likeness (QED) is 0.715. The van der Waals surface area contributed by atoms with Gasteiger partial charge in [-0.05, 0) is 6.42 Å². The monoisotopic (exact) mass is 293 g/mol. The van der Waals surface area contributed by atoms with Gasteiger partial charge in [-0.15, -0.1) is 0 Å². The van der Waals surface area contributed by atoms with Crippen LogP contribution in [0.5, 0.6) is 11.5 Å². The minimum atomic E-state index is -0.299. The lowest BCUT2D eigenvalue weighted by molar-refractivity contribution is 0.189. The average molecular weight is 293 g/mol. The van der Waals surface area contributed by atoms with Crippen LogP contribution in [0.3, 0.4) is 0 Å². The van der Waals surface area contributed by atoms with E-state index in [-0.39, 0.29) is 12.1 Å². The molecule has 0 aliphatic carbocycles. The van der Waals surface area contributed by atoms with Gasteiger partial charge in [0.05, 0.1) is 37.2 Å². The van der Waals surface area contributed by atoms with Crippen molar-refractivity contribution in [1.29, 1.82) is 0 Å². The fourth-order valence-electron chi connectivity index (χ4n) is 2.32. The number of benzene rings is 1. The standard InChI is InChI=1S/C14H19N3O4/c15-10-6-12-13(21-4-1-3-20-12)7-11(10)17-14(18)16-9-2-5-19-8-9/h6-7,9H,1-5,8,15H2,(H2,16,17,18). The molecule has 0 spiro atoms. The summed E-state index contributed by atoms with van der Waals surface area (Å²) in [5.41, 5.74) is 6.90. The second-order valence-corrected chi connectivity index (χ2v) is 5.10. The number of carbonyl (C=O) groups is 1. The molecule has 21 heavy (non-hydrogen) atoms. The van der Waals surface area contributed by atoms with E-state index in [0.717, 1.165) is 12.8 Å². The molecule has 1 aromatic carbocycles. The van der Waals surface area contributed by atoms with Gasteiger partial charge in [-0.25, -0.2) is 4.79 Å². The number of hydrogen-bond acceptors (Lipinski definition) is 5. The van der Waals surface area contributed by atoms with Crippen LogP contribution in [0.2, 0.25) is 0 Å². The lowest BCUT2D eigenvalue weighted by atomic mass is 10.2. The molecule has 114 valence electrons. The first kappa shape index (κ1) is 13.8.